The van der Waals surface area contributed by atoms with Crippen molar-refractivity contribution >= 4 is 33.3 Å². The lowest BCUT2D eigenvalue weighted by atomic mass is 10.3. The number of anilines is 2. The van der Waals surface area contributed by atoms with Crippen molar-refractivity contribution in [2.45, 2.75) is 13.3 Å². The molecule has 2 aromatic heterocycles. The van der Waals surface area contributed by atoms with Crippen LogP contribution in [0.4, 0.5) is 11.8 Å². The maximum Gasteiger partial charge on any atom is 0.225 e. The predicted octanol–water partition coefficient (Wildman–Crippen LogP) is 2.51. The van der Waals surface area contributed by atoms with Crippen LogP contribution < -0.4 is 10.2 Å². The molecule has 20 heavy (non-hydrogen) atoms. The van der Waals surface area contributed by atoms with E-state index in [9.17, 15) is 0 Å². The maximum absolute atomic E-state index is 4.68. The van der Waals surface area contributed by atoms with Gasteiger partial charge in [0.2, 0.25) is 5.95 Å². The number of nitrogens with one attached hydrogen (secondary N) is 1. The second-order valence-electron chi connectivity index (χ2n) is 5.05. The third kappa shape index (κ3) is 3.37. The van der Waals surface area contributed by atoms with Crippen molar-refractivity contribution in [1.82, 2.24) is 14.9 Å². The van der Waals surface area contributed by atoms with Crippen LogP contribution in [0, 0.1) is 0 Å². The summed E-state index contributed by atoms with van der Waals surface area (Å²) in [5, 5.41) is 6.29. The number of aromatic nitrogens is 2. The van der Waals surface area contributed by atoms with Crippen molar-refractivity contribution < 1.29 is 0 Å². The van der Waals surface area contributed by atoms with E-state index in [1.54, 1.807) is 11.3 Å². The molecule has 0 unspecified atom stereocenters. The number of rotatable bonds is 7. The fraction of sp³-hybridized carbons (Fsp3) is 0.571. The van der Waals surface area contributed by atoms with Crippen LogP contribution in [0.15, 0.2) is 11.4 Å². The summed E-state index contributed by atoms with van der Waals surface area (Å²) in [6.07, 6.45) is 1.11. The van der Waals surface area contributed by atoms with Crippen LogP contribution in [-0.4, -0.2) is 55.6 Å². The summed E-state index contributed by atoms with van der Waals surface area (Å²) < 4.78 is 0. The van der Waals surface area contributed by atoms with Crippen molar-refractivity contribution in [2.75, 3.05) is 51.0 Å². The number of hydrogen-bond donors (Lipinski definition) is 1. The van der Waals surface area contributed by atoms with E-state index in [0.717, 1.165) is 42.1 Å². The lowest BCUT2D eigenvalue weighted by Crippen LogP contribution is -2.33. The highest BCUT2D eigenvalue weighted by molar-refractivity contribution is 7.16. The monoisotopic (exact) mass is 293 g/mol. The zero-order valence-corrected chi connectivity index (χ0v) is 13.5. The van der Waals surface area contributed by atoms with Gasteiger partial charge in [-0.2, -0.15) is 4.98 Å². The summed E-state index contributed by atoms with van der Waals surface area (Å²) in [7, 11) is 6.06. The Labute approximate surface area is 124 Å². The van der Waals surface area contributed by atoms with Gasteiger partial charge in [0.05, 0.1) is 5.39 Å². The second-order valence-corrected chi connectivity index (χ2v) is 5.95. The molecule has 1 N–H and O–H groups in total. The average Bonchev–Trinajstić information content (AvgIpc) is 2.90. The summed E-state index contributed by atoms with van der Waals surface area (Å²) in [4.78, 5) is 14.8. The first-order valence-electron chi connectivity index (χ1n) is 6.98. The molecule has 110 valence electrons. The Kier molecular flexibility index (Phi) is 5.14. The number of likely N-dealkylation sites (N-methyl/N-ethyl adjacent to an activating group) is 1. The first kappa shape index (κ1) is 15.0. The van der Waals surface area contributed by atoms with Crippen molar-refractivity contribution in [2.24, 2.45) is 0 Å². The lowest BCUT2D eigenvalue weighted by Gasteiger charge is -2.25. The number of hydrogen-bond acceptors (Lipinski definition) is 6. The molecule has 0 saturated carbocycles. The van der Waals surface area contributed by atoms with E-state index in [4.69, 9.17) is 0 Å². The largest absolute Gasteiger partial charge is 0.357 e. The highest BCUT2D eigenvalue weighted by Crippen LogP contribution is 2.29. The Morgan fingerprint density at radius 1 is 1.20 bits per heavy atom. The highest BCUT2D eigenvalue weighted by Gasteiger charge is 2.14. The van der Waals surface area contributed by atoms with Crippen molar-refractivity contribution in [1.29, 1.82) is 0 Å². The topological polar surface area (TPSA) is 44.3 Å². The van der Waals surface area contributed by atoms with E-state index in [1.165, 1.54) is 0 Å². The minimum atomic E-state index is 0.695. The van der Waals surface area contributed by atoms with Gasteiger partial charge in [0.15, 0.2) is 0 Å². The molecule has 2 rings (SSSR count). The Morgan fingerprint density at radius 3 is 2.65 bits per heavy atom. The second kappa shape index (κ2) is 6.85. The normalized spacial score (nSPS) is 11.2. The maximum atomic E-state index is 4.68. The molecule has 2 aromatic rings. The van der Waals surface area contributed by atoms with Gasteiger partial charge < -0.3 is 15.1 Å². The van der Waals surface area contributed by atoms with Gasteiger partial charge in [0, 0.05) is 26.7 Å². The summed E-state index contributed by atoms with van der Waals surface area (Å²) in [6.45, 7) is 5.21. The van der Waals surface area contributed by atoms with Crippen LogP contribution in [0.1, 0.15) is 13.3 Å². The van der Waals surface area contributed by atoms with Gasteiger partial charge in [-0.25, -0.2) is 4.98 Å². The molecule has 0 atom stereocenters. The quantitative estimate of drug-likeness (QED) is 0.850. The molecule has 0 amide bonds. The number of thiophene rings is 1. The van der Waals surface area contributed by atoms with Crippen LogP contribution in [0.5, 0.6) is 0 Å². The summed E-state index contributed by atoms with van der Waals surface area (Å²) >= 11 is 1.66. The third-order valence-corrected chi connectivity index (χ3v) is 3.95. The molecule has 0 spiro atoms. The van der Waals surface area contributed by atoms with Crippen LogP contribution in [-0.2, 0) is 0 Å². The Morgan fingerprint density at radius 2 is 2.00 bits per heavy atom. The molecule has 0 radical (unpaired) electrons. The Hall–Kier alpha value is -1.40. The van der Waals surface area contributed by atoms with Crippen molar-refractivity contribution in [3.8, 4) is 0 Å². The molecule has 0 saturated heterocycles. The molecule has 0 bridgehead atoms. The highest BCUT2D eigenvalue weighted by atomic mass is 32.1. The van der Waals surface area contributed by atoms with Gasteiger partial charge in [0.25, 0.3) is 0 Å². The first-order chi connectivity index (χ1) is 9.65. The molecule has 0 aliphatic heterocycles. The predicted molar refractivity (Wildman–Crippen MR) is 88.0 cm³/mol. The van der Waals surface area contributed by atoms with E-state index >= 15 is 0 Å². The molecule has 5 nitrogen and oxygen atoms in total. The average molecular weight is 293 g/mol. The third-order valence-electron chi connectivity index (χ3n) is 3.14. The fourth-order valence-corrected chi connectivity index (χ4v) is 2.87. The fourth-order valence-electron chi connectivity index (χ4n) is 2.11. The summed E-state index contributed by atoms with van der Waals surface area (Å²) in [6, 6.07) is 2.12. The van der Waals surface area contributed by atoms with E-state index in [-0.39, 0.29) is 0 Å². The van der Waals surface area contributed by atoms with E-state index in [0.29, 0.717) is 5.95 Å². The molecular formula is C14H23N5S. The zero-order valence-electron chi connectivity index (χ0n) is 12.7. The number of nitrogens with zero attached hydrogens (tertiary/aromatic N) is 4. The van der Waals surface area contributed by atoms with Crippen LogP contribution >= 0.6 is 11.3 Å². The minimum absolute atomic E-state index is 0.695. The Bertz CT molecular complexity index is 551. The van der Waals surface area contributed by atoms with Crippen LogP contribution in [0.2, 0.25) is 0 Å². The van der Waals surface area contributed by atoms with Gasteiger partial charge in [-0.15, -0.1) is 11.3 Å². The molecule has 0 fully saturated rings. The molecule has 2 heterocycles. The van der Waals surface area contributed by atoms with Crippen molar-refractivity contribution in [3.63, 3.8) is 0 Å². The molecule has 6 heteroatoms. The first-order valence-corrected chi connectivity index (χ1v) is 7.86. The SMILES string of the molecule is CCCN(CCN(C)C)c1nc(NC)nc2sccc12. The Balaban J connectivity index is 2.37. The van der Waals surface area contributed by atoms with Crippen LogP contribution in [0.25, 0.3) is 10.2 Å². The van der Waals surface area contributed by atoms with Gasteiger partial charge in [-0.05, 0) is 32.0 Å². The lowest BCUT2D eigenvalue weighted by molar-refractivity contribution is 0.412. The van der Waals surface area contributed by atoms with Crippen molar-refractivity contribution in [3.05, 3.63) is 11.4 Å². The summed E-state index contributed by atoms with van der Waals surface area (Å²) in [5.41, 5.74) is 0. The number of fused-ring (bicyclic) bond motifs is 1. The molecule has 0 aromatic carbocycles. The van der Waals surface area contributed by atoms with Gasteiger partial charge in [-0.1, -0.05) is 6.92 Å². The van der Waals surface area contributed by atoms with Gasteiger partial charge in [0.1, 0.15) is 10.6 Å². The molecule has 0 aliphatic carbocycles. The van der Waals surface area contributed by atoms with E-state index in [2.05, 4.69) is 57.6 Å². The molecule has 0 aliphatic rings. The van der Waals surface area contributed by atoms with E-state index < -0.39 is 0 Å². The molecular weight excluding hydrogens is 270 g/mol. The van der Waals surface area contributed by atoms with E-state index in [1.807, 2.05) is 7.05 Å². The summed E-state index contributed by atoms with van der Waals surface area (Å²) in [5.74, 6) is 1.74. The van der Waals surface area contributed by atoms with Gasteiger partial charge in [-0.3, -0.25) is 0 Å². The smallest absolute Gasteiger partial charge is 0.225 e. The van der Waals surface area contributed by atoms with Gasteiger partial charge >= 0.3 is 0 Å². The zero-order chi connectivity index (χ0) is 14.5. The standard InChI is InChI=1S/C14H23N5S/c1-5-7-19(9-8-18(3)4)12-11-6-10-20-13(11)17-14(15-2)16-12/h6,10H,5,7-9H2,1-4H3,(H,15,16,17). The minimum Gasteiger partial charge on any atom is -0.357 e. The van der Waals surface area contributed by atoms with Crippen LogP contribution in [0.3, 0.4) is 0 Å².